The highest BCUT2D eigenvalue weighted by Crippen LogP contribution is 2.27. The van der Waals surface area contributed by atoms with Crippen LogP contribution in [0.25, 0.3) is 11.0 Å². The van der Waals surface area contributed by atoms with Crippen molar-refractivity contribution < 1.29 is 9.59 Å². The number of amides is 2. The first-order valence-corrected chi connectivity index (χ1v) is 6.84. The summed E-state index contributed by atoms with van der Waals surface area (Å²) in [6.07, 6.45) is 5.16. The van der Waals surface area contributed by atoms with E-state index < -0.39 is 0 Å². The van der Waals surface area contributed by atoms with Crippen LogP contribution in [0.15, 0.2) is 36.8 Å². The topological polar surface area (TPSA) is 91.8 Å². The first-order chi connectivity index (χ1) is 10.8. The molecular weight excluding hydrogens is 282 g/mol. The molecule has 0 saturated carbocycles. The average molecular weight is 293 g/mol. The van der Waals surface area contributed by atoms with Crippen LogP contribution in [0.1, 0.15) is 26.4 Å². The zero-order valence-corrected chi connectivity index (χ0v) is 11.5. The number of hydrogen-bond donors (Lipinski definition) is 1. The molecular formula is C15H11N5O2. The summed E-state index contributed by atoms with van der Waals surface area (Å²) in [6, 6.07) is 5.57. The van der Waals surface area contributed by atoms with Gasteiger partial charge in [0.25, 0.3) is 11.8 Å². The first kappa shape index (κ1) is 12.6. The number of carbonyl (C=O) groups is 2. The molecule has 1 N–H and O–H groups in total. The molecule has 4 heterocycles. The van der Waals surface area contributed by atoms with Crippen LogP contribution in [0.2, 0.25) is 0 Å². The van der Waals surface area contributed by atoms with E-state index in [1.165, 1.54) is 17.3 Å². The number of nitrogens with one attached hydrogen (secondary N) is 1. The van der Waals surface area contributed by atoms with E-state index in [9.17, 15) is 9.59 Å². The third-order valence-electron chi connectivity index (χ3n) is 3.73. The number of H-pyrrole nitrogens is 1. The van der Waals surface area contributed by atoms with Crippen molar-refractivity contribution in [1.29, 1.82) is 0 Å². The molecule has 0 aromatic carbocycles. The Hall–Kier alpha value is -3.09. The van der Waals surface area contributed by atoms with E-state index in [1.807, 2.05) is 18.2 Å². The van der Waals surface area contributed by atoms with Crippen molar-refractivity contribution in [3.63, 3.8) is 0 Å². The second-order valence-electron chi connectivity index (χ2n) is 5.01. The number of imide groups is 1. The van der Waals surface area contributed by atoms with Gasteiger partial charge in [0.15, 0.2) is 5.65 Å². The summed E-state index contributed by atoms with van der Waals surface area (Å²) in [5, 5.41) is 7.16. The van der Waals surface area contributed by atoms with Gasteiger partial charge in [0.05, 0.1) is 22.7 Å². The van der Waals surface area contributed by atoms with Crippen LogP contribution in [-0.2, 0) is 6.42 Å². The van der Waals surface area contributed by atoms with E-state index in [0.29, 0.717) is 35.1 Å². The number of hydrogen-bond acceptors (Lipinski definition) is 5. The third-order valence-corrected chi connectivity index (χ3v) is 3.73. The van der Waals surface area contributed by atoms with E-state index in [1.54, 1.807) is 6.20 Å². The molecule has 0 spiro atoms. The lowest BCUT2D eigenvalue weighted by Gasteiger charge is -2.13. The largest absolute Gasteiger partial charge is 0.274 e. The van der Waals surface area contributed by atoms with E-state index in [0.717, 1.165) is 5.69 Å². The van der Waals surface area contributed by atoms with Crippen LogP contribution in [-0.4, -0.2) is 43.4 Å². The molecule has 0 unspecified atom stereocenters. The number of fused-ring (bicyclic) bond motifs is 3. The van der Waals surface area contributed by atoms with Crippen molar-refractivity contribution in [3.8, 4) is 0 Å². The van der Waals surface area contributed by atoms with Crippen molar-refractivity contribution in [2.45, 2.75) is 6.42 Å². The van der Waals surface area contributed by atoms with Gasteiger partial charge in [-0.05, 0) is 12.1 Å². The lowest BCUT2D eigenvalue weighted by Crippen LogP contribution is -2.31. The van der Waals surface area contributed by atoms with Crippen molar-refractivity contribution >= 4 is 22.8 Å². The van der Waals surface area contributed by atoms with Crippen LogP contribution >= 0.6 is 0 Å². The average Bonchev–Trinajstić information content (AvgIpc) is 3.11. The van der Waals surface area contributed by atoms with Crippen LogP contribution in [0, 0.1) is 0 Å². The van der Waals surface area contributed by atoms with Crippen LogP contribution < -0.4 is 0 Å². The lowest BCUT2D eigenvalue weighted by atomic mass is 10.1. The monoisotopic (exact) mass is 293 g/mol. The molecule has 0 aliphatic carbocycles. The molecule has 7 heteroatoms. The molecule has 108 valence electrons. The number of carbonyl (C=O) groups excluding carboxylic acids is 2. The van der Waals surface area contributed by atoms with Crippen molar-refractivity contribution in [1.82, 2.24) is 25.1 Å². The minimum atomic E-state index is -0.313. The highest BCUT2D eigenvalue weighted by atomic mass is 16.2. The predicted octanol–water partition coefficient (Wildman–Crippen LogP) is 1.19. The highest BCUT2D eigenvalue weighted by Gasteiger charge is 2.37. The highest BCUT2D eigenvalue weighted by molar-refractivity contribution is 6.25. The molecule has 7 nitrogen and oxygen atoms in total. The summed E-state index contributed by atoms with van der Waals surface area (Å²) < 4.78 is 0. The number of aromatic amines is 1. The molecule has 4 rings (SSSR count). The molecule has 1 aliphatic rings. The first-order valence-electron chi connectivity index (χ1n) is 6.84. The summed E-state index contributed by atoms with van der Waals surface area (Å²) in [5.74, 6) is -0.615. The molecule has 2 amide bonds. The minimum absolute atomic E-state index is 0.294. The fourth-order valence-electron chi connectivity index (χ4n) is 2.64. The Balaban J connectivity index is 1.66. The number of rotatable bonds is 3. The van der Waals surface area contributed by atoms with Gasteiger partial charge in [-0.2, -0.15) is 5.10 Å². The number of aromatic nitrogens is 4. The van der Waals surface area contributed by atoms with E-state index in [4.69, 9.17) is 0 Å². The van der Waals surface area contributed by atoms with Gasteiger partial charge < -0.3 is 0 Å². The minimum Gasteiger partial charge on any atom is -0.274 e. The van der Waals surface area contributed by atoms with Gasteiger partial charge in [-0.15, -0.1) is 0 Å². The van der Waals surface area contributed by atoms with Crippen LogP contribution in [0.3, 0.4) is 0 Å². The fourth-order valence-corrected chi connectivity index (χ4v) is 2.64. The van der Waals surface area contributed by atoms with E-state index in [-0.39, 0.29) is 11.8 Å². The smallest absolute Gasteiger partial charge is 0.263 e. The molecule has 22 heavy (non-hydrogen) atoms. The molecule has 0 saturated heterocycles. The Kier molecular flexibility index (Phi) is 2.72. The second kappa shape index (κ2) is 4.73. The Morgan fingerprint density at radius 3 is 2.82 bits per heavy atom. The summed E-state index contributed by atoms with van der Waals surface area (Å²) in [5.41, 5.74) is 2.06. The quantitative estimate of drug-likeness (QED) is 0.732. The van der Waals surface area contributed by atoms with Gasteiger partial charge in [0, 0.05) is 31.1 Å². The zero-order valence-electron chi connectivity index (χ0n) is 11.5. The van der Waals surface area contributed by atoms with Gasteiger partial charge in [0.1, 0.15) is 0 Å². The molecule has 0 atom stereocenters. The van der Waals surface area contributed by atoms with E-state index in [2.05, 4.69) is 20.2 Å². The van der Waals surface area contributed by atoms with Gasteiger partial charge >= 0.3 is 0 Å². The fraction of sp³-hybridized carbons (Fsp3) is 0.133. The number of pyridine rings is 2. The summed E-state index contributed by atoms with van der Waals surface area (Å²) in [7, 11) is 0. The SMILES string of the molecule is O=C1c2cnc3[nH]ncc3c2C(=O)N1CCc1ccccn1. The Morgan fingerprint density at radius 2 is 2.00 bits per heavy atom. The second-order valence-corrected chi connectivity index (χ2v) is 5.01. The number of nitrogens with zero attached hydrogens (tertiary/aromatic N) is 4. The standard InChI is InChI=1S/C15H11N5O2/c21-14-11-7-17-13-10(8-18-19-13)12(11)15(22)20(14)6-4-9-3-1-2-5-16-9/h1-3,5,7-8H,4,6H2,(H,17,18,19). The Bertz CT molecular complexity index is 887. The van der Waals surface area contributed by atoms with Crippen molar-refractivity contribution in [2.75, 3.05) is 6.54 Å². The van der Waals surface area contributed by atoms with E-state index >= 15 is 0 Å². The molecule has 3 aromatic heterocycles. The predicted molar refractivity (Wildman–Crippen MR) is 77.2 cm³/mol. The van der Waals surface area contributed by atoms with Gasteiger partial charge in [-0.1, -0.05) is 6.07 Å². The maximum absolute atomic E-state index is 12.6. The summed E-state index contributed by atoms with van der Waals surface area (Å²) in [4.78, 5) is 34.5. The third kappa shape index (κ3) is 1.79. The maximum atomic E-state index is 12.6. The van der Waals surface area contributed by atoms with Crippen LogP contribution in [0.4, 0.5) is 0 Å². The lowest BCUT2D eigenvalue weighted by molar-refractivity contribution is 0.0656. The van der Waals surface area contributed by atoms with Gasteiger partial charge in [-0.3, -0.25) is 24.6 Å². The van der Waals surface area contributed by atoms with Crippen molar-refractivity contribution in [2.24, 2.45) is 0 Å². The molecule has 3 aromatic rings. The Labute approximate surface area is 125 Å². The van der Waals surface area contributed by atoms with Gasteiger partial charge in [0.2, 0.25) is 0 Å². The Morgan fingerprint density at radius 1 is 1.09 bits per heavy atom. The normalized spacial score (nSPS) is 13.9. The maximum Gasteiger partial charge on any atom is 0.263 e. The summed E-state index contributed by atoms with van der Waals surface area (Å²) in [6.45, 7) is 0.294. The van der Waals surface area contributed by atoms with Crippen molar-refractivity contribution in [3.05, 3.63) is 53.6 Å². The molecule has 1 aliphatic heterocycles. The molecule has 0 bridgehead atoms. The molecule has 0 fully saturated rings. The molecule has 0 radical (unpaired) electrons. The zero-order chi connectivity index (χ0) is 15.1. The van der Waals surface area contributed by atoms with Crippen LogP contribution in [0.5, 0.6) is 0 Å². The summed E-state index contributed by atoms with van der Waals surface area (Å²) >= 11 is 0. The van der Waals surface area contributed by atoms with Gasteiger partial charge in [-0.25, -0.2) is 4.98 Å².